The van der Waals surface area contributed by atoms with Crippen molar-refractivity contribution in [2.75, 3.05) is 5.73 Å². The maximum absolute atomic E-state index is 13.4. The van der Waals surface area contributed by atoms with Gasteiger partial charge in [0.25, 0.3) is 11.8 Å². The first-order chi connectivity index (χ1) is 19.0. The zero-order valence-corrected chi connectivity index (χ0v) is 21.7. The number of benzene rings is 1. The molecule has 4 N–H and O–H groups in total. The number of nitrogens with one attached hydrogen (secondary N) is 1. The maximum Gasteiger partial charge on any atom is 0.573 e. The van der Waals surface area contributed by atoms with E-state index >= 15 is 0 Å². The first-order valence-electron chi connectivity index (χ1n) is 13.4. The molecule has 10 nitrogen and oxygen atoms in total. The van der Waals surface area contributed by atoms with Crippen LogP contribution in [0.3, 0.4) is 0 Å². The third-order valence-corrected chi connectivity index (χ3v) is 8.09. The number of nitrogen functional groups attached to an aromatic ring is 1. The summed E-state index contributed by atoms with van der Waals surface area (Å²) in [6.07, 6.45) is 0.511. The summed E-state index contributed by atoms with van der Waals surface area (Å²) in [5, 5.41) is 16.8. The molecule has 40 heavy (non-hydrogen) atoms. The highest BCUT2D eigenvalue weighted by molar-refractivity contribution is 6.05. The van der Waals surface area contributed by atoms with Crippen LogP contribution in [-0.2, 0) is 6.54 Å². The van der Waals surface area contributed by atoms with Gasteiger partial charge in [-0.05, 0) is 75.1 Å². The average molecular weight is 559 g/mol. The summed E-state index contributed by atoms with van der Waals surface area (Å²) in [5.74, 6) is -1.24. The number of carbonyl (C=O) groups excluding carboxylic acids is 2. The highest BCUT2D eigenvalue weighted by Gasteiger charge is 2.42. The van der Waals surface area contributed by atoms with E-state index in [4.69, 9.17) is 5.73 Å². The lowest BCUT2D eigenvalue weighted by molar-refractivity contribution is -0.274. The molecule has 0 saturated heterocycles. The molecule has 2 saturated carbocycles. The fourth-order valence-electron chi connectivity index (χ4n) is 5.76. The molecule has 2 aromatic heterocycles. The minimum atomic E-state index is -5.00. The number of hydrogen-bond acceptors (Lipinski definition) is 7. The summed E-state index contributed by atoms with van der Waals surface area (Å²) in [5.41, 5.74) is 7.14. The van der Waals surface area contributed by atoms with Crippen LogP contribution in [0.25, 0.3) is 16.9 Å². The number of fused-ring (bicyclic) bond motifs is 2. The number of nitrogens with zero attached hydrogens (tertiary/aromatic N) is 4. The Morgan fingerprint density at radius 3 is 2.60 bits per heavy atom. The van der Waals surface area contributed by atoms with Gasteiger partial charge in [0.1, 0.15) is 11.3 Å². The summed E-state index contributed by atoms with van der Waals surface area (Å²) in [7, 11) is 0. The molecule has 2 aliphatic carbocycles. The summed E-state index contributed by atoms with van der Waals surface area (Å²) in [6, 6.07) is 4.11. The van der Waals surface area contributed by atoms with Crippen molar-refractivity contribution >= 4 is 23.3 Å². The van der Waals surface area contributed by atoms with Gasteiger partial charge < -0.3 is 25.8 Å². The summed E-state index contributed by atoms with van der Waals surface area (Å²) >= 11 is 0. The summed E-state index contributed by atoms with van der Waals surface area (Å²) in [6.45, 7) is 2.08. The number of aliphatic hydroxyl groups is 1. The Labute approximate surface area is 227 Å². The number of ether oxygens (including phenoxy) is 1. The quantitative estimate of drug-likeness (QED) is 0.420. The molecule has 0 bridgehead atoms. The number of rotatable bonds is 6. The molecule has 0 radical (unpaired) electrons. The second-order valence-corrected chi connectivity index (χ2v) is 10.9. The Morgan fingerprint density at radius 1 is 1.20 bits per heavy atom. The minimum Gasteiger partial charge on any atom is -0.405 e. The van der Waals surface area contributed by atoms with Gasteiger partial charge in [-0.1, -0.05) is 0 Å². The lowest BCUT2D eigenvalue weighted by Crippen LogP contribution is -2.38. The summed E-state index contributed by atoms with van der Waals surface area (Å²) in [4.78, 5) is 32.5. The molecule has 2 fully saturated rings. The van der Waals surface area contributed by atoms with Crippen LogP contribution in [0.15, 0.2) is 24.4 Å². The van der Waals surface area contributed by atoms with Crippen LogP contribution in [-0.4, -0.2) is 61.0 Å². The number of amides is 2. The van der Waals surface area contributed by atoms with Crippen molar-refractivity contribution in [2.45, 2.75) is 76.5 Å². The van der Waals surface area contributed by atoms with Gasteiger partial charge in [0.2, 0.25) is 0 Å². The number of anilines is 1. The molecule has 1 atom stereocenters. The standard InChI is InChI=1S/C27H29F3N6O4/c1-13(14-2-3-14)35-12-16-10-15(11-20(21(16)26(35)39)40-27(28,29)30)19-8-9-36-24(33-19)22(23(31)34-36)25(38)32-17-4-6-18(37)7-5-17/h8-11,13-14,17-18,37H,2-7,12H2,1H3,(H2,31,34)(H,32,38). The maximum atomic E-state index is 13.4. The zero-order chi connectivity index (χ0) is 28.3. The number of hydrogen-bond donors (Lipinski definition) is 3. The van der Waals surface area contributed by atoms with E-state index in [9.17, 15) is 27.9 Å². The molecule has 13 heteroatoms. The first kappa shape index (κ1) is 26.4. The normalized spacial score (nSPS) is 21.9. The largest absolute Gasteiger partial charge is 0.573 e. The van der Waals surface area contributed by atoms with E-state index in [-0.39, 0.29) is 53.0 Å². The van der Waals surface area contributed by atoms with E-state index in [1.54, 1.807) is 17.0 Å². The predicted molar refractivity (Wildman–Crippen MR) is 137 cm³/mol. The highest BCUT2D eigenvalue weighted by atomic mass is 19.4. The third kappa shape index (κ3) is 4.93. The molecule has 1 unspecified atom stereocenters. The number of alkyl halides is 3. The van der Waals surface area contributed by atoms with E-state index in [2.05, 4.69) is 20.1 Å². The van der Waals surface area contributed by atoms with Gasteiger partial charge in [-0.2, -0.15) is 0 Å². The molecular weight excluding hydrogens is 529 g/mol. The molecule has 3 aromatic rings. The van der Waals surface area contributed by atoms with Crippen molar-refractivity contribution in [3.8, 4) is 17.0 Å². The van der Waals surface area contributed by atoms with Crippen LogP contribution in [0, 0.1) is 5.92 Å². The topological polar surface area (TPSA) is 135 Å². The summed E-state index contributed by atoms with van der Waals surface area (Å²) < 4.78 is 45.8. The molecule has 1 aromatic carbocycles. The van der Waals surface area contributed by atoms with Crippen molar-refractivity contribution in [1.82, 2.24) is 24.8 Å². The Balaban J connectivity index is 1.36. The number of carbonyl (C=O) groups is 2. The number of halogens is 3. The van der Waals surface area contributed by atoms with Crippen molar-refractivity contribution in [3.05, 3.63) is 41.1 Å². The SMILES string of the molecule is CC(C1CC1)N1Cc2cc(-c3ccn4nc(N)c(C(=O)NC5CCC(O)CC5)c4n3)cc(OC(F)(F)F)c2C1=O. The van der Waals surface area contributed by atoms with Crippen LogP contribution < -0.4 is 15.8 Å². The van der Waals surface area contributed by atoms with Gasteiger partial charge in [0.15, 0.2) is 11.5 Å². The molecular formula is C27H29F3N6O4. The highest BCUT2D eigenvalue weighted by Crippen LogP contribution is 2.42. The minimum absolute atomic E-state index is 0.0386. The fraction of sp³-hybridized carbons (Fsp3) is 0.481. The van der Waals surface area contributed by atoms with Gasteiger partial charge >= 0.3 is 6.36 Å². The van der Waals surface area contributed by atoms with E-state index < -0.39 is 23.9 Å². The van der Waals surface area contributed by atoms with E-state index in [1.165, 1.54) is 10.7 Å². The van der Waals surface area contributed by atoms with Crippen LogP contribution in [0.4, 0.5) is 19.0 Å². The molecule has 212 valence electrons. The van der Waals surface area contributed by atoms with Crippen LogP contribution in [0.2, 0.25) is 0 Å². The van der Waals surface area contributed by atoms with E-state index in [0.717, 1.165) is 18.9 Å². The van der Waals surface area contributed by atoms with E-state index in [0.29, 0.717) is 42.7 Å². The first-order valence-corrected chi connectivity index (χ1v) is 13.4. The predicted octanol–water partition coefficient (Wildman–Crippen LogP) is 3.66. The van der Waals surface area contributed by atoms with Gasteiger partial charge in [0.05, 0.1) is 17.4 Å². The molecule has 3 aliphatic rings. The average Bonchev–Trinajstić information content (AvgIpc) is 3.61. The second-order valence-electron chi connectivity index (χ2n) is 10.9. The van der Waals surface area contributed by atoms with Gasteiger partial charge in [0, 0.05) is 30.4 Å². The monoisotopic (exact) mass is 558 g/mol. The lowest BCUT2D eigenvalue weighted by Gasteiger charge is -2.26. The zero-order valence-electron chi connectivity index (χ0n) is 21.7. The number of aliphatic hydroxyl groups excluding tert-OH is 1. The van der Waals surface area contributed by atoms with E-state index in [1.807, 2.05) is 6.92 Å². The van der Waals surface area contributed by atoms with Crippen molar-refractivity contribution in [1.29, 1.82) is 0 Å². The van der Waals surface area contributed by atoms with Gasteiger partial charge in [-0.25, -0.2) is 9.50 Å². The number of aromatic nitrogens is 3. The molecule has 2 amide bonds. The van der Waals surface area contributed by atoms with Crippen LogP contribution in [0.1, 0.15) is 71.7 Å². The van der Waals surface area contributed by atoms with Crippen molar-refractivity contribution in [3.63, 3.8) is 0 Å². The molecule has 3 heterocycles. The second kappa shape index (κ2) is 9.65. The molecule has 1 aliphatic heterocycles. The lowest BCUT2D eigenvalue weighted by atomic mass is 9.93. The van der Waals surface area contributed by atoms with Gasteiger partial charge in [-0.3, -0.25) is 9.59 Å². The Morgan fingerprint density at radius 2 is 1.93 bits per heavy atom. The molecule has 6 rings (SSSR count). The third-order valence-electron chi connectivity index (χ3n) is 8.09. The van der Waals surface area contributed by atoms with Crippen molar-refractivity contribution < 1.29 is 32.6 Å². The number of nitrogens with two attached hydrogens (primary N) is 1. The Bertz CT molecular complexity index is 1490. The van der Waals surface area contributed by atoms with Crippen LogP contribution in [0.5, 0.6) is 5.75 Å². The van der Waals surface area contributed by atoms with Gasteiger partial charge in [-0.15, -0.1) is 18.3 Å². The smallest absolute Gasteiger partial charge is 0.405 e. The fourth-order valence-corrected chi connectivity index (χ4v) is 5.76. The molecule has 0 spiro atoms. The Kier molecular flexibility index (Phi) is 6.36. The Hall–Kier alpha value is -3.87. The van der Waals surface area contributed by atoms with Crippen molar-refractivity contribution in [2.24, 2.45) is 5.92 Å². The van der Waals surface area contributed by atoms with Crippen LogP contribution >= 0.6 is 0 Å².